The zero-order chi connectivity index (χ0) is 22.7. The number of β-amino-alcohol motifs (C(OH)–C–C–N with tert-alkyl or cyclic N) is 1. The van der Waals surface area contributed by atoms with Crippen molar-refractivity contribution < 1.29 is 23.1 Å². The molecule has 1 aromatic rings. The number of hydrazine groups is 1. The molecule has 6 rings (SSSR count). The van der Waals surface area contributed by atoms with Crippen LogP contribution in [0.1, 0.15) is 44.9 Å². The number of carbonyl (C=O) groups is 2. The summed E-state index contributed by atoms with van der Waals surface area (Å²) in [5, 5.41) is 10.5. The quantitative estimate of drug-likeness (QED) is 0.567. The van der Waals surface area contributed by atoms with Crippen LogP contribution in [-0.4, -0.2) is 48.3 Å². The van der Waals surface area contributed by atoms with Gasteiger partial charge in [-0.15, -0.1) is 0 Å². The Morgan fingerprint density at radius 1 is 0.969 bits per heavy atom. The number of aliphatic hydroxyl groups excluding tert-OH is 1. The lowest BCUT2D eigenvalue weighted by atomic mass is 9.49. The van der Waals surface area contributed by atoms with Crippen LogP contribution in [0.15, 0.2) is 29.2 Å². The Labute approximate surface area is 192 Å². The molecule has 32 heavy (non-hydrogen) atoms. The summed E-state index contributed by atoms with van der Waals surface area (Å²) >= 11 is 5.85. The Bertz CT molecular complexity index is 993. The lowest BCUT2D eigenvalue weighted by Crippen LogP contribution is -2.58. The molecule has 0 unspecified atom stereocenters. The van der Waals surface area contributed by atoms with Gasteiger partial charge < -0.3 is 5.11 Å². The topological polar surface area (TPSA) is 116 Å². The summed E-state index contributed by atoms with van der Waals surface area (Å²) in [6.07, 6.45) is 5.20. The van der Waals surface area contributed by atoms with E-state index in [1.54, 1.807) is 0 Å². The fourth-order valence-electron chi connectivity index (χ4n) is 6.75. The van der Waals surface area contributed by atoms with E-state index in [2.05, 4.69) is 10.9 Å². The molecular weight excluding hydrogens is 454 g/mol. The van der Waals surface area contributed by atoms with Crippen molar-refractivity contribution in [2.24, 2.45) is 23.2 Å². The van der Waals surface area contributed by atoms with Crippen molar-refractivity contribution in [3.05, 3.63) is 29.3 Å². The maximum atomic E-state index is 13.1. The number of benzene rings is 1. The summed E-state index contributed by atoms with van der Waals surface area (Å²) < 4.78 is 27.1. The van der Waals surface area contributed by atoms with Gasteiger partial charge in [0.15, 0.2) is 0 Å². The molecule has 8 nitrogen and oxygen atoms in total. The van der Waals surface area contributed by atoms with Crippen LogP contribution in [0.5, 0.6) is 0 Å². The smallest absolute Gasteiger partial charge is 0.256 e. The first-order valence-corrected chi connectivity index (χ1v) is 13.0. The minimum atomic E-state index is -4.02. The number of hydrogen-bond acceptors (Lipinski definition) is 5. The minimum Gasteiger partial charge on any atom is -0.392 e. The molecule has 1 aromatic carbocycles. The molecular formula is C22H28ClN3O5S. The molecule has 174 valence electrons. The minimum absolute atomic E-state index is 0.00796. The highest BCUT2D eigenvalue weighted by Crippen LogP contribution is 2.60. The van der Waals surface area contributed by atoms with Gasteiger partial charge in [0, 0.05) is 18.0 Å². The summed E-state index contributed by atoms with van der Waals surface area (Å²) in [7, 11) is -4.02. The first-order chi connectivity index (χ1) is 15.2. The van der Waals surface area contributed by atoms with Crippen LogP contribution in [0.25, 0.3) is 0 Å². The maximum absolute atomic E-state index is 13.1. The van der Waals surface area contributed by atoms with Gasteiger partial charge in [0.1, 0.15) is 6.04 Å². The van der Waals surface area contributed by atoms with Crippen molar-refractivity contribution >= 4 is 33.4 Å². The Hall–Kier alpha value is -1.68. The molecule has 4 bridgehead atoms. The van der Waals surface area contributed by atoms with Crippen LogP contribution in [0, 0.1) is 23.2 Å². The van der Waals surface area contributed by atoms with Gasteiger partial charge in [0.2, 0.25) is 15.9 Å². The van der Waals surface area contributed by atoms with Crippen LogP contribution in [0.3, 0.4) is 0 Å². The number of nitrogens with zero attached hydrogens (tertiary/aromatic N) is 1. The normalized spacial score (nSPS) is 36.2. The third-order valence-electron chi connectivity index (χ3n) is 7.78. The van der Waals surface area contributed by atoms with Crippen molar-refractivity contribution in [2.75, 3.05) is 6.54 Å². The highest BCUT2D eigenvalue weighted by atomic mass is 35.5. The van der Waals surface area contributed by atoms with E-state index in [1.807, 2.05) is 0 Å². The summed E-state index contributed by atoms with van der Waals surface area (Å²) in [6, 6.07) is 4.55. The molecule has 0 radical (unpaired) electrons. The predicted molar refractivity (Wildman–Crippen MR) is 117 cm³/mol. The van der Waals surface area contributed by atoms with Crippen molar-refractivity contribution in [3.8, 4) is 0 Å². The van der Waals surface area contributed by atoms with Gasteiger partial charge in [-0.1, -0.05) is 11.6 Å². The molecule has 3 N–H and O–H groups in total. The molecule has 5 aliphatic rings. The van der Waals surface area contributed by atoms with Gasteiger partial charge >= 0.3 is 0 Å². The summed E-state index contributed by atoms with van der Waals surface area (Å²) in [6.45, 7) is -0.189. The second-order valence-corrected chi connectivity index (χ2v) is 12.4. The van der Waals surface area contributed by atoms with Crippen LogP contribution in [0.4, 0.5) is 0 Å². The Morgan fingerprint density at radius 3 is 2.09 bits per heavy atom. The van der Waals surface area contributed by atoms with Gasteiger partial charge in [-0.3, -0.25) is 20.4 Å². The Morgan fingerprint density at radius 2 is 1.53 bits per heavy atom. The molecule has 4 aliphatic carbocycles. The van der Waals surface area contributed by atoms with Crippen molar-refractivity contribution in [3.63, 3.8) is 0 Å². The molecule has 2 amide bonds. The third-order valence-corrected chi connectivity index (χ3v) is 9.92. The van der Waals surface area contributed by atoms with Crippen molar-refractivity contribution in [2.45, 2.75) is 62.0 Å². The first-order valence-electron chi connectivity index (χ1n) is 11.2. The number of sulfonamides is 1. The molecule has 1 heterocycles. The second kappa shape index (κ2) is 7.97. The zero-order valence-corrected chi connectivity index (χ0v) is 19.2. The summed E-state index contributed by atoms with van der Waals surface area (Å²) in [5.74, 6) is 0.959. The predicted octanol–water partition coefficient (Wildman–Crippen LogP) is 1.83. The van der Waals surface area contributed by atoms with Gasteiger partial charge in [-0.2, -0.15) is 4.31 Å². The number of aliphatic hydroxyl groups is 1. The zero-order valence-electron chi connectivity index (χ0n) is 17.7. The van der Waals surface area contributed by atoms with Gasteiger partial charge in [-0.25, -0.2) is 8.42 Å². The van der Waals surface area contributed by atoms with E-state index < -0.39 is 33.5 Å². The fourth-order valence-corrected chi connectivity index (χ4v) is 8.52. The third kappa shape index (κ3) is 3.83. The average molecular weight is 482 g/mol. The number of carbonyl (C=O) groups excluding carboxylic acids is 2. The van der Waals surface area contributed by atoms with Gasteiger partial charge in [-0.05, 0) is 80.5 Å². The Kier molecular flexibility index (Phi) is 5.51. The van der Waals surface area contributed by atoms with E-state index in [1.165, 1.54) is 43.5 Å². The van der Waals surface area contributed by atoms with Crippen LogP contribution < -0.4 is 10.9 Å². The van der Waals surface area contributed by atoms with E-state index in [0.29, 0.717) is 22.8 Å². The lowest BCUT2D eigenvalue weighted by molar-refractivity contribution is -0.149. The van der Waals surface area contributed by atoms with Gasteiger partial charge in [0.05, 0.1) is 16.4 Å². The fraction of sp³-hybridized carbons (Fsp3) is 0.636. The van der Waals surface area contributed by atoms with E-state index in [4.69, 9.17) is 11.6 Å². The molecule has 2 atom stereocenters. The molecule has 10 heteroatoms. The Balaban J connectivity index is 1.27. The standard InChI is InChI=1S/C22H28ClN3O5S/c23-16-1-3-18(4-2-16)32(30,31)26-12-17(27)8-19(26)20(28)24-25-21(29)22-9-13-5-14(10-22)7-15(6-13)11-22/h1-4,13-15,17,19,27H,5-12H2,(H,24,28)(H,25,29)/t13?,14?,15?,17-,19+,22?/m1/s1. The molecule has 1 aliphatic heterocycles. The van der Waals surface area contributed by atoms with Crippen LogP contribution in [-0.2, 0) is 19.6 Å². The van der Waals surface area contributed by atoms with Gasteiger partial charge in [0.25, 0.3) is 5.91 Å². The molecule has 0 spiro atoms. The van der Waals surface area contributed by atoms with E-state index >= 15 is 0 Å². The van der Waals surface area contributed by atoms with E-state index in [0.717, 1.165) is 23.6 Å². The highest BCUT2D eigenvalue weighted by molar-refractivity contribution is 7.89. The van der Waals surface area contributed by atoms with Crippen molar-refractivity contribution in [1.82, 2.24) is 15.2 Å². The van der Waals surface area contributed by atoms with Crippen molar-refractivity contribution in [1.29, 1.82) is 0 Å². The summed E-state index contributed by atoms with van der Waals surface area (Å²) in [5.41, 5.74) is 4.62. The maximum Gasteiger partial charge on any atom is 0.256 e. The molecule has 1 saturated heterocycles. The molecule has 0 aromatic heterocycles. The van der Waals surface area contributed by atoms with Crippen LogP contribution in [0.2, 0.25) is 5.02 Å². The number of halogens is 1. The molecule has 5 fully saturated rings. The second-order valence-electron chi connectivity index (χ2n) is 10.1. The number of amides is 2. The molecule has 4 saturated carbocycles. The highest BCUT2D eigenvalue weighted by Gasteiger charge is 2.55. The average Bonchev–Trinajstić information content (AvgIpc) is 3.14. The van der Waals surface area contributed by atoms with E-state index in [-0.39, 0.29) is 23.8 Å². The summed E-state index contributed by atoms with van der Waals surface area (Å²) in [4.78, 5) is 26.0. The number of hydrogen-bond donors (Lipinski definition) is 3. The number of rotatable bonds is 4. The van der Waals surface area contributed by atoms with Crippen LogP contribution >= 0.6 is 11.6 Å². The first kappa shape index (κ1) is 22.1. The van der Waals surface area contributed by atoms with E-state index in [9.17, 15) is 23.1 Å². The SMILES string of the molecule is O=C(NNC(=O)C12CC3CC(CC(C3)C1)C2)[C@@H]1C[C@@H](O)CN1S(=O)(=O)c1ccc(Cl)cc1. The largest absolute Gasteiger partial charge is 0.392 e. The number of nitrogens with one attached hydrogen (secondary N) is 2. The monoisotopic (exact) mass is 481 g/mol. The lowest BCUT2D eigenvalue weighted by Gasteiger charge is -2.55.